The topological polar surface area (TPSA) is 104 Å². The number of carbonyl (C=O) groups excluding carboxylic acids is 5. The van der Waals surface area contributed by atoms with Gasteiger partial charge in [0.2, 0.25) is 23.5 Å². The smallest absolute Gasteiger partial charge is 0.249 e. The van der Waals surface area contributed by atoms with E-state index in [0.29, 0.717) is 30.2 Å². The van der Waals surface area contributed by atoms with E-state index in [4.69, 9.17) is 0 Å². The lowest BCUT2D eigenvalue weighted by atomic mass is 9.83. The highest BCUT2D eigenvalue weighted by molar-refractivity contribution is 6.38. The summed E-state index contributed by atoms with van der Waals surface area (Å²) in [5, 5.41) is 2.77. The van der Waals surface area contributed by atoms with Gasteiger partial charge in [0.25, 0.3) is 0 Å². The number of amides is 3. The molecule has 0 spiro atoms. The van der Waals surface area contributed by atoms with Crippen molar-refractivity contribution in [3.8, 4) is 0 Å². The van der Waals surface area contributed by atoms with Gasteiger partial charge in [-0.25, -0.2) is 0 Å². The van der Waals surface area contributed by atoms with E-state index in [1.54, 1.807) is 38.4 Å². The Morgan fingerprint density at radius 2 is 1.53 bits per heavy atom. The van der Waals surface area contributed by atoms with Crippen LogP contribution in [0.3, 0.4) is 0 Å². The van der Waals surface area contributed by atoms with Crippen LogP contribution in [-0.2, 0) is 24.0 Å². The van der Waals surface area contributed by atoms with Crippen molar-refractivity contribution in [2.24, 2.45) is 29.1 Å². The van der Waals surface area contributed by atoms with E-state index >= 15 is 0 Å². The van der Waals surface area contributed by atoms with Crippen LogP contribution in [0.15, 0.2) is 42.5 Å². The molecule has 8 heteroatoms. The number of hydrogen-bond acceptors (Lipinski definition) is 5. The van der Waals surface area contributed by atoms with Crippen LogP contribution in [0.1, 0.15) is 116 Å². The van der Waals surface area contributed by atoms with Gasteiger partial charge in [0.15, 0.2) is 5.78 Å². The molecule has 8 nitrogen and oxygen atoms in total. The van der Waals surface area contributed by atoms with Crippen molar-refractivity contribution >= 4 is 29.3 Å². The molecule has 1 N–H and O–H groups in total. The second kappa shape index (κ2) is 16.2. The van der Waals surface area contributed by atoms with Crippen LogP contribution in [0, 0.1) is 29.1 Å². The van der Waals surface area contributed by atoms with Crippen LogP contribution in [-0.4, -0.2) is 65.8 Å². The maximum atomic E-state index is 13.7. The summed E-state index contributed by atoms with van der Waals surface area (Å²) in [4.78, 5) is 70.1. The molecule has 2 heterocycles. The Labute approximate surface area is 282 Å². The Morgan fingerprint density at radius 1 is 0.936 bits per heavy atom. The van der Waals surface area contributed by atoms with Crippen molar-refractivity contribution in [2.45, 2.75) is 116 Å². The number of nitrogens with zero attached hydrogens (tertiary/aromatic N) is 2. The fourth-order valence-corrected chi connectivity index (χ4v) is 8.06. The zero-order valence-corrected chi connectivity index (χ0v) is 29.4. The van der Waals surface area contributed by atoms with E-state index in [1.807, 2.05) is 17.9 Å². The number of ketones is 2. The summed E-state index contributed by atoms with van der Waals surface area (Å²) in [6, 6.07) is 8.00. The van der Waals surface area contributed by atoms with Gasteiger partial charge in [0.1, 0.15) is 6.04 Å². The highest BCUT2D eigenvalue weighted by Gasteiger charge is 2.68. The van der Waals surface area contributed by atoms with Crippen molar-refractivity contribution in [1.29, 1.82) is 0 Å². The summed E-state index contributed by atoms with van der Waals surface area (Å²) in [7, 11) is 3.26. The van der Waals surface area contributed by atoms with Gasteiger partial charge in [-0.05, 0) is 42.1 Å². The third-order valence-electron chi connectivity index (χ3n) is 11.1. The summed E-state index contributed by atoms with van der Waals surface area (Å²) in [5.74, 6) is -1.35. The summed E-state index contributed by atoms with van der Waals surface area (Å²) in [5.41, 5.74) is 1.66. The molecule has 0 bridgehead atoms. The quantitative estimate of drug-likeness (QED) is 0.258. The van der Waals surface area contributed by atoms with Gasteiger partial charge in [-0.2, -0.15) is 0 Å². The van der Waals surface area contributed by atoms with E-state index in [2.05, 4.69) is 25.7 Å². The van der Waals surface area contributed by atoms with E-state index < -0.39 is 29.4 Å². The molecule has 2 unspecified atom stereocenters. The van der Waals surface area contributed by atoms with Gasteiger partial charge >= 0.3 is 0 Å². The first-order valence-corrected chi connectivity index (χ1v) is 17.9. The molecule has 1 aromatic rings. The van der Waals surface area contributed by atoms with Crippen molar-refractivity contribution in [1.82, 2.24) is 15.1 Å². The normalized spacial score (nSPS) is 27.5. The Bertz CT molecular complexity index is 1300. The van der Waals surface area contributed by atoms with Crippen molar-refractivity contribution < 1.29 is 24.0 Å². The summed E-state index contributed by atoms with van der Waals surface area (Å²) < 4.78 is 0. The molecule has 6 atom stereocenters. The van der Waals surface area contributed by atoms with Gasteiger partial charge in [-0.1, -0.05) is 115 Å². The van der Waals surface area contributed by atoms with Gasteiger partial charge < -0.3 is 15.1 Å². The van der Waals surface area contributed by atoms with Gasteiger partial charge in [-0.15, -0.1) is 0 Å². The predicted molar refractivity (Wildman–Crippen MR) is 184 cm³/mol. The summed E-state index contributed by atoms with van der Waals surface area (Å²) in [6.45, 7) is 11.8. The number of Topliss-reactive ketones (excluding diaryl/α,β-unsaturated/α-hetero) is 2. The standard InChI is InChI=1S/C39H57N3O5/c1-26-18-14-11-9-7-8-10-12-15-21-29(24-27(2)35-33-30(39(33,3)4)25-42(35)37(26)46)36(45)31(43)22-23-32(44)40-34(38(47)41(5)6)28-19-16-13-17-20-28/h13,16-17,19-20,26,29-30,33-35H,2,7-12,14-15,18,21-25H2,1,3-6H3,(H,40,44)/t26-,29+,30?,33?,34-,35+/m0/s1. The fraction of sp³-hybridized carbons (Fsp3) is 0.667. The second-order valence-electron chi connectivity index (χ2n) is 15.2. The Kier molecular flexibility index (Phi) is 12.6. The molecule has 258 valence electrons. The average Bonchev–Trinajstić information content (AvgIpc) is 3.35. The average molecular weight is 648 g/mol. The van der Waals surface area contributed by atoms with E-state index in [9.17, 15) is 24.0 Å². The van der Waals surface area contributed by atoms with Crippen molar-refractivity contribution in [3.63, 3.8) is 0 Å². The Balaban J connectivity index is 1.44. The minimum Gasteiger partial charge on any atom is -0.347 e. The molecule has 2 aliphatic heterocycles. The van der Waals surface area contributed by atoms with Crippen LogP contribution in [0.2, 0.25) is 0 Å². The van der Waals surface area contributed by atoms with E-state index in [1.165, 1.54) is 17.7 Å². The Hall–Kier alpha value is -3.29. The number of benzene rings is 1. The van der Waals surface area contributed by atoms with E-state index in [0.717, 1.165) is 57.1 Å². The minimum absolute atomic E-state index is 0.0405. The first-order chi connectivity index (χ1) is 22.3. The number of fused-ring (bicyclic) bond motifs is 3. The first kappa shape index (κ1) is 36.5. The molecule has 1 aliphatic carbocycles. The van der Waals surface area contributed by atoms with E-state index in [-0.39, 0.29) is 42.0 Å². The molecule has 0 radical (unpaired) electrons. The molecule has 47 heavy (non-hydrogen) atoms. The second-order valence-corrected chi connectivity index (χ2v) is 15.2. The van der Waals surface area contributed by atoms with Crippen LogP contribution in [0.25, 0.3) is 0 Å². The van der Waals surface area contributed by atoms with Crippen LogP contribution < -0.4 is 5.32 Å². The molecule has 3 fully saturated rings. The molecule has 3 aliphatic rings. The molecule has 0 aromatic heterocycles. The predicted octanol–water partition coefficient (Wildman–Crippen LogP) is 6.45. The fourth-order valence-electron chi connectivity index (χ4n) is 8.06. The third-order valence-corrected chi connectivity index (χ3v) is 11.1. The maximum absolute atomic E-state index is 13.7. The number of likely N-dealkylation sites (N-methyl/N-ethyl adjacent to an activating group) is 1. The molecular formula is C39H57N3O5. The molecule has 1 aromatic carbocycles. The summed E-state index contributed by atoms with van der Waals surface area (Å²) >= 11 is 0. The number of hydrogen-bond donors (Lipinski definition) is 1. The molecule has 2 saturated heterocycles. The zero-order chi connectivity index (χ0) is 34.3. The summed E-state index contributed by atoms with van der Waals surface area (Å²) in [6.07, 6.45) is 10.2. The minimum atomic E-state index is -0.875. The molecule has 4 rings (SSSR count). The third kappa shape index (κ3) is 8.99. The lowest BCUT2D eigenvalue weighted by Crippen LogP contribution is -2.44. The lowest BCUT2D eigenvalue weighted by Gasteiger charge is -2.35. The highest BCUT2D eigenvalue weighted by Crippen LogP contribution is 2.66. The van der Waals surface area contributed by atoms with Crippen LogP contribution >= 0.6 is 0 Å². The Morgan fingerprint density at radius 3 is 2.15 bits per heavy atom. The molecular weight excluding hydrogens is 590 g/mol. The van der Waals surface area contributed by atoms with Crippen molar-refractivity contribution in [2.75, 3.05) is 20.6 Å². The number of nitrogens with one attached hydrogen (secondary N) is 1. The monoisotopic (exact) mass is 647 g/mol. The first-order valence-electron chi connectivity index (χ1n) is 17.9. The van der Waals surface area contributed by atoms with Gasteiger partial charge in [0, 0.05) is 45.3 Å². The lowest BCUT2D eigenvalue weighted by molar-refractivity contribution is -0.140. The number of carbonyl (C=O) groups is 5. The van der Waals surface area contributed by atoms with Crippen LogP contribution in [0.4, 0.5) is 0 Å². The number of piperidine rings is 1. The molecule has 1 saturated carbocycles. The largest absolute Gasteiger partial charge is 0.347 e. The SMILES string of the molecule is C=C1C[C@H](C(=O)C(=O)CCC(=O)N[C@H](C(=O)N(C)C)c2ccccc2)CCCCCCCCCC[C@H](C)C(=O)N2CC3C([C@@H]12)C3(C)C. The maximum Gasteiger partial charge on any atom is 0.249 e. The van der Waals surface area contributed by atoms with Gasteiger partial charge in [-0.3, -0.25) is 24.0 Å². The van der Waals surface area contributed by atoms with Gasteiger partial charge in [0.05, 0.1) is 6.04 Å². The zero-order valence-electron chi connectivity index (χ0n) is 29.4. The highest BCUT2D eigenvalue weighted by atomic mass is 16.2. The number of rotatable bonds is 8. The molecule has 3 amide bonds. The van der Waals surface area contributed by atoms with Crippen LogP contribution in [0.5, 0.6) is 0 Å². The van der Waals surface area contributed by atoms with Crippen molar-refractivity contribution in [3.05, 3.63) is 48.0 Å².